The van der Waals surface area contributed by atoms with E-state index in [4.69, 9.17) is 0 Å². The molecule has 1 aliphatic carbocycles. The number of aliphatic imine (C=N–C) groups is 1. The molecule has 1 saturated heterocycles. The molecule has 0 aromatic rings. The Morgan fingerprint density at radius 1 is 1.47 bits per heavy atom. The standard InChI is InChI=1S/C13H26N4S.HI/c1-10-7-11(10)16-12(14-2)15-8-13(17(3)4)5-6-18-9-13;/h10-11H,5-9H2,1-4H3,(H2,14,15,16);1H. The minimum Gasteiger partial charge on any atom is -0.355 e. The van der Waals surface area contributed by atoms with E-state index in [0.717, 1.165) is 18.4 Å². The van der Waals surface area contributed by atoms with Gasteiger partial charge in [-0.05, 0) is 38.6 Å². The van der Waals surface area contributed by atoms with Gasteiger partial charge >= 0.3 is 0 Å². The van der Waals surface area contributed by atoms with Crippen molar-refractivity contribution >= 4 is 41.7 Å². The van der Waals surface area contributed by atoms with Crippen molar-refractivity contribution in [3.63, 3.8) is 0 Å². The fourth-order valence-corrected chi connectivity index (χ4v) is 3.94. The molecule has 4 nitrogen and oxygen atoms in total. The Bertz CT molecular complexity index is 316. The Kier molecular flexibility index (Phi) is 6.72. The summed E-state index contributed by atoms with van der Waals surface area (Å²) in [6.45, 7) is 3.26. The minimum atomic E-state index is 0. The Morgan fingerprint density at radius 2 is 2.16 bits per heavy atom. The molecule has 0 radical (unpaired) electrons. The number of nitrogens with zero attached hydrogens (tertiary/aromatic N) is 2. The third kappa shape index (κ3) is 4.39. The van der Waals surface area contributed by atoms with Crippen LogP contribution in [0, 0.1) is 5.92 Å². The van der Waals surface area contributed by atoms with Crippen LogP contribution in [0.5, 0.6) is 0 Å². The maximum absolute atomic E-state index is 4.32. The van der Waals surface area contributed by atoms with Crippen LogP contribution in [-0.4, -0.2) is 61.6 Å². The minimum absolute atomic E-state index is 0. The maximum atomic E-state index is 4.32. The number of halogens is 1. The summed E-state index contributed by atoms with van der Waals surface area (Å²) >= 11 is 2.05. The second-order valence-electron chi connectivity index (χ2n) is 5.81. The number of thioether (sulfide) groups is 1. The van der Waals surface area contributed by atoms with Crippen molar-refractivity contribution in [2.75, 3.05) is 39.2 Å². The molecular weight excluding hydrogens is 371 g/mol. The summed E-state index contributed by atoms with van der Waals surface area (Å²) in [5.74, 6) is 4.24. The summed E-state index contributed by atoms with van der Waals surface area (Å²) in [6, 6.07) is 0.629. The van der Waals surface area contributed by atoms with E-state index in [2.05, 4.69) is 53.3 Å². The van der Waals surface area contributed by atoms with E-state index in [1.54, 1.807) is 0 Å². The average Bonchev–Trinajstić information content (AvgIpc) is 2.84. The molecule has 6 heteroatoms. The molecule has 1 saturated carbocycles. The van der Waals surface area contributed by atoms with Gasteiger partial charge in [-0.2, -0.15) is 11.8 Å². The largest absolute Gasteiger partial charge is 0.355 e. The van der Waals surface area contributed by atoms with E-state index >= 15 is 0 Å². The first-order valence-electron chi connectivity index (χ1n) is 6.80. The summed E-state index contributed by atoms with van der Waals surface area (Å²) in [5, 5.41) is 6.99. The summed E-state index contributed by atoms with van der Waals surface area (Å²) in [6.07, 6.45) is 2.53. The molecule has 2 rings (SSSR count). The molecule has 2 N–H and O–H groups in total. The van der Waals surface area contributed by atoms with Gasteiger partial charge in [-0.1, -0.05) is 6.92 Å². The molecule has 0 aromatic carbocycles. The van der Waals surface area contributed by atoms with Gasteiger partial charge in [-0.25, -0.2) is 0 Å². The lowest BCUT2D eigenvalue weighted by Gasteiger charge is -2.36. The van der Waals surface area contributed by atoms with Gasteiger partial charge < -0.3 is 15.5 Å². The normalized spacial score (nSPS) is 34.1. The van der Waals surface area contributed by atoms with Gasteiger partial charge in [0.2, 0.25) is 0 Å². The lowest BCUT2D eigenvalue weighted by atomic mass is 9.97. The Morgan fingerprint density at radius 3 is 2.58 bits per heavy atom. The second-order valence-corrected chi connectivity index (χ2v) is 6.92. The summed E-state index contributed by atoms with van der Waals surface area (Å²) in [4.78, 5) is 6.69. The van der Waals surface area contributed by atoms with E-state index in [0.29, 0.717) is 6.04 Å². The first-order valence-corrected chi connectivity index (χ1v) is 7.95. The van der Waals surface area contributed by atoms with Crippen LogP contribution in [0.2, 0.25) is 0 Å². The zero-order chi connectivity index (χ0) is 13.2. The second kappa shape index (κ2) is 7.36. The number of hydrogen-bond donors (Lipinski definition) is 2. The maximum Gasteiger partial charge on any atom is 0.191 e. The third-order valence-corrected chi connectivity index (χ3v) is 5.51. The number of rotatable bonds is 4. The van der Waals surface area contributed by atoms with Crippen LogP contribution in [-0.2, 0) is 0 Å². The summed E-state index contributed by atoms with van der Waals surface area (Å²) in [5.41, 5.74) is 0.289. The molecule has 112 valence electrons. The molecule has 0 spiro atoms. The van der Waals surface area contributed by atoms with Crippen LogP contribution in [0.1, 0.15) is 19.8 Å². The first kappa shape index (κ1) is 17.4. The van der Waals surface area contributed by atoms with Crippen molar-refractivity contribution in [3.8, 4) is 0 Å². The van der Waals surface area contributed by atoms with Crippen LogP contribution in [0.3, 0.4) is 0 Å². The average molecular weight is 398 g/mol. The van der Waals surface area contributed by atoms with E-state index in [9.17, 15) is 0 Å². The Balaban J connectivity index is 0.00000180. The lowest BCUT2D eigenvalue weighted by Crippen LogP contribution is -2.55. The fraction of sp³-hybridized carbons (Fsp3) is 0.923. The lowest BCUT2D eigenvalue weighted by molar-refractivity contribution is 0.183. The molecule has 1 aliphatic heterocycles. The molecule has 2 aliphatic rings. The van der Waals surface area contributed by atoms with Gasteiger partial charge in [0.1, 0.15) is 0 Å². The summed E-state index contributed by atoms with van der Waals surface area (Å²) in [7, 11) is 6.23. The van der Waals surface area contributed by atoms with Crippen molar-refractivity contribution in [1.82, 2.24) is 15.5 Å². The Hall–Kier alpha value is 0.310. The fourth-order valence-electron chi connectivity index (χ4n) is 2.39. The predicted octanol–water partition coefficient (Wildman–Crippen LogP) is 1.62. The number of nitrogens with one attached hydrogen (secondary N) is 2. The van der Waals surface area contributed by atoms with E-state index < -0.39 is 0 Å². The first-order chi connectivity index (χ1) is 8.57. The van der Waals surface area contributed by atoms with Gasteiger partial charge in [0, 0.05) is 30.9 Å². The van der Waals surface area contributed by atoms with E-state index in [1.807, 2.05) is 7.05 Å². The molecule has 0 amide bonds. The SMILES string of the molecule is CN=C(NCC1(N(C)C)CCSC1)NC1CC1C.I. The van der Waals surface area contributed by atoms with Crippen molar-refractivity contribution in [2.45, 2.75) is 31.3 Å². The van der Waals surface area contributed by atoms with Crippen LogP contribution >= 0.6 is 35.7 Å². The zero-order valence-corrected chi connectivity index (χ0v) is 15.5. The van der Waals surface area contributed by atoms with Gasteiger partial charge in [0.25, 0.3) is 0 Å². The zero-order valence-electron chi connectivity index (χ0n) is 12.4. The highest BCUT2D eigenvalue weighted by atomic mass is 127. The quantitative estimate of drug-likeness (QED) is 0.429. The molecule has 1 heterocycles. The highest BCUT2D eigenvalue weighted by Crippen LogP contribution is 2.31. The monoisotopic (exact) mass is 398 g/mol. The van der Waals surface area contributed by atoms with Crippen molar-refractivity contribution in [1.29, 1.82) is 0 Å². The van der Waals surface area contributed by atoms with Crippen molar-refractivity contribution < 1.29 is 0 Å². The highest BCUT2D eigenvalue weighted by molar-refractivity contribution is 14.0. The highest BCUT2D eigenvalue weighted by Gasteiger charge is 2.37. The van der Waals surface area contributed by atoms with E-state index in [1.165, 1.54) is 24.3 Å². The van der Waals surface area contributed by atoms with Crippen LogP contribution in [0.15, 0.2) is 4.99 Å². The molecule has 0 bridgehead atoms. The molecular formula is C13H27IN4S. The van der Waals surface area contributed by atoms with Crippen LogP contribution in [0.4, 0.5) is 0 Å². The Labute approximate surface area is 138 Å². The molecule has 3 unspecified atom stereocenters. The van der Waals surface area contributed by atoms with Crippen LogP contribution < -0.4 is 10.6 Å². The van der Waals surface area contributed by atoms with E-state index in [-0.39, 0.29) is 29.5 Å². The molecule has 2 fully saturated rings. The van der Waals surface area contributed by atoms with Crippen LogP contribution in [0.25, 0.3) is 0 Å². The molecule has 0 aromatic heterocycles. The van der Waals surface area contributed by atoms with Gasteiger partial charge in [-0.15, -0.1) is 24.0 Å². The topological polar surface area (TPSA) is 39.7 Å². The molecule has 19 heavy (non-hydrogen) atoms. The number of likely N-dealkylation sites (N-methyl/N-ethyl adjacent to an activating group) is 1. The van der Waals surface area contributed by atoms with Crippen molar-refractivity contribution in [2.24, 2.45) is 10.9 Å². The van der Waals surface area contributed by atoms with Gasteiger partial charge in [0.05, 0.1) is 0 Å². The predicted molar refractivity (Wildman–Crippen MR) is 95.8 cm³/mol. The molecule has 3 atom stereocenters. The summed E-state index contributed by atoms with van der Waals surface area (Å²) < 4.78 is 0. The van der Waals surface area contributed by atoms with Gasteiger partial charge in [0.15, 0.2) is 5.96 Å². The third-order valence-electron chi connectivity index (χ3n) is 4.27. The van der Waals surface area contributed by atoms with Gasteiger partial charge in [-0.3, -0.25) is 4.99 Å². The number of guanidine groups is 1. The smallest absolute Gasteiger partial charge is 0.191 e. The number of hydrogen-bond acceptors (Lipinski definition) is 3. The van der Waals surface area contributed by atoms with Crippen molar-refractivity contribution in [3.05, 3.63) is 0 Å².